The van der Waals surface area contributed by atoms with E-state index >= 15 is 0 Å². The van der Waals surface area contributed by atoms with Crippen LogP contribution in [-0.2, 0) is 9.53 Å². The number of carbonyl (C=O) groups is 1. The van der Waals surface area contributed by atoms with Gasteiger partial charge in [0.2, 0.25) is 0 Å². The second kappa shape index (κ2) is 5.93. The molecule has 2 fully saturated rings. The van der Waals surface area contributed by atoms with Crippen LogP contribution < -0.4 is 4.90 Å². The van der Waals surface area contributed by atoms with Crippen molar-refractivity contribution >= 4 is 11.7 Å². The maximum Gasteiger partial charge on any atom is 0.323 e. The number of cyclic esters (lactones) is 1. The van der Waals surface area contributed by atoms with Crippen LogP contribution in [0.3, 0.4) is 0 Å². The summed E-state index contributed by atoms with van der Waals surface area (Å²) in [6.07, 6.45) is 0.700. The van der Waals surface area contributed by atoms with E-state index in [4.69, 9.17) is 10.00 Å². The highest BCUT2D eigenvalue weighted by Crippen LogP contribution is 2.26. The lowest BCUT2D eigenvalue weighted by Gasteiger charge is -2.38. The number of nitriles is 1. The zero-order valence-corrected chi connectivity index (χ0v) is 12.5. The van der Waals surface area contributed by atoms with Gasteiger partial charge < -0.3 is 9.64 Å². The van der Waals surface area contributed by atoms with Gasteiger partial charge in [0.25, 0.3) is 0 Å². The number of halogens is 1. The second-order valence-electron chi connectivity index (χ2n) is 5.77. The first kappa shape index (κ1) is 14.8. The van der Waals surface area contributed by atoms with Gasteiger partial charge in [-0.1, -0.05) is 6.07 Å². The van der Waals surface area contributed by atoms with Crippen LogP contribution in [0.25, 0.3) is 0 Å². The van der Waals surface area contributed by atoms with E-state index in [1.165, 1.54) is 6.07 Å². The first-order chi connectivity index (χ1) is 10.6. The molecule has 0 aliphatic carbocycles. The van der Waals surface area contributed by atoms with E-state index in [2.05, 4.69) is 4.90 Å². The van der Waals surface area contributed by atoms with Gasteiger partial charge in [0.05, 0.1) is 5.69 Å². The fourth-order valence-electron chi connectivity index (χ4n) is 3.20. The zero-order chi connectivity index (χ0) is 15.7. The average molecular weight is 303 g/mol. The summed E-state index contributed by atoms with van der Waals surface area (Å²) in [7, 11) is 0. The predicted molar refractivity (Wildman–Crippen MR) is 78.9 cm³/mol. The Kier molecular flexibility index (Phi) is 3.99. The highest BCUT2D eigenvalue weighted by atomic mass is 19.1. The number of ether oxygens (including phenoxy) is 1. The van der Waals surface area contributed by atoms with Crippen molar-refractivity contribution in [1.82, 2.24) is 4.90 Å². The van der Waals surface area contributed by atoms with Gasteiger partial charge in [0, 0.05) is 32.6 Å². The molecule has 116 valence electrons. The third-order valence-corrected chi connectivity index (χ3v) is 4.34. The Hall–Kier alpha value is -2.13. The number of benzene rings is 1. The summed E-state index contributed by atoms with van der Waals surface area (Å²) in [6.45, 7) is 4.63. The van der Waals surface area contributed by atoms with Crippen LogP contribution in [-0.4, -0.2) is 49.2 Å². The summed E-state index contributed by atoms with van der Waals surface area (Å²) in [6, 6.07) is 6.46. The number of carbonyl (C=O) groups excluding carboxylic acids is 1. The van der Waals surface area contributed by atoms with Crippen molar-refractivity contribution in [3.63, 3.8) is 0 Å². The van der Waals surface area contributed by atoms with E-state index < -0.39 is 5.82 Å². The minimum absolute atomic E-state index is 0.0241. The molecule has 0 aromatic heterocycles. The molecule has 2 heterocycles. The molecule has 2 saturated heterocycles. The van der Waals surface area contributed by atoms with Gasteiger partial charge in [-0.15, -0.1) is 0 Å². The molecule has 2 unspecified atom stereocenters. The molecule has 0 amide bonds. The highest BCUT2D eigenvalue weighted by molar-refractivity contribution is 5.78. The molecule has 1 aromatic rings. The average Bonchev–Trinajstić information content (AvgIpc) is 2.86. The molecule has 0 bridgehead atoms. The smallest absolute Gasteiger partial charge is 0.323 e. The molecule has 0 saturated carbocycles. The number of esters is 1. The minimum atomic E-state index is -0.490. The van der Waals surface area contributed by atoms with Crippen LogP contribution in [0.2, 0.25) is 0 Å². The number of hydrogen-bond donors (Lipinski definition) is 0. The Bertz CT molecular complexity index is 620. The van der Waals surface area contributed by atoms with Crippen molar-refractivity contribution in [2.24, 2.45) is 0 Å². The molecular formula is C16H18FN3O2. The molecule has 0 radical (unpaired) electrons. The van der Waals surface area contributed by atoms with Crippen molar-refractivity contribution in [2.45, 2.75) is 25.5 Å². The molecule has 2 aliphatic rings. The van der Waals surface area contributed by atoms with Crippen LogP contribution in [0.1, 0.15) is 18.9 Å². The number of rotatable bonds is 2. The Labute approximate surface area is 128 Å². The Morgan fingerprint density at radius 2 is 2.05 bits per heavy atom. The molecule has 6 heteroatoms. The van der Waals surface area contributed by atoms with Crippen LogP contribution >= 0.6 is 0 Å². The maximum atomic E-state index is 13.7. The first-order valence-corrected chi connectivity index (χ1v) is 7.48. The summed E-state index contributed by atoms with van der Waals surface area (Å²) >= 11 is 0. The summed E-state index contributed by atoms with van der Waals surface area (Å²) in [5, 5.41) is 9.13. The number of hydrogen-bond acceptors (Lipinski definition) is 5. The third-order valence-electron chi connectivity index (χ3n) is 4.34. The molecule has 1 aromatic carbocycles. The third kappa shape index (κ3) is 2.64. The molecule has 5 nitrogen and oxygen atoms in total. The van der Waals surface area contributed by atoms with E-state index in [-0.39, 0.29) is 23.7 Å². The largest absolute Gasteiger partial charge is 0.461 e. The van der Waals surface area contributed by atoms with Crippen molar-refractivity contribution in [3.8, 4) is 6.07 Å². The minimum Gasteiger partial charge on any atom is -0.461 e. The second-order valence-corrected chi connectivity index (χ2v) is 5.77. The molecule has 22 heavy (non-hydrogen) atoms. The lowest BCUT2D eigenvalue weighted by molar-refractivity contribution is -0.144. The number of piperazine rings is 1. The monoisotopic (exact) mass is 303 g/mol. The predicted octanol–water partition coefficient (Wildman–Crippen LogP) is 1.52. The molecule has 2 aliphatic heterocycles. The van der Waals surface area contributed by atoms with Gasteiger partial charge in [-0.25, -0.2) is 4.39 Å². The molecule has 2 atom stereocenters. The van der Waals surface area contributed by atoms with E-state index in [0.29, 0.717) is 31.9 Å². The first-order valence-electron chi connectivity index (χ1n) is 7.48. The van der Waals surface area contributed by atoms with E-state index in [1.807, 2.05) is 17.9 Å². The van der Waals surface area contributed by atoms with Gasteiger partial charge in [0.1, 0.15) is 29.6 Å². The number of anilines is 1. The normalized spacial score (nSPS) is 25.9. The van der Waals surface area contributed by atoms with Gasteiger partial charge in [-0.2, -0.15) is 5.26 Å². The SMILES string of the molecule is CC1CC(N2CCN(c3cccc(F)c3C#N)CC2)C(=O)O1. The van der Waals surface area contributed by atoms with Gasteiger partial charge in [0.15, 0.2) is 0 Å². The molecule has 3 rings (SSSR count). The fourth-order valence-corrected chi connectivity index (χ4v) is 3.20. The van der Waals surface area contributed by atoms with Crippen LogP contribution in [0.15, 0.2) is 18.2 Å². The lowest BCUT2D eigenvalue weighted by Crippen LogP contribution is -2.51. The van der Waals surface area contributed by atoms with E-state index in [0.717, 1.165) is 6.42 Å². The quantitative estimate of drug-likeness (QED) is 0.775. The molecule has 0 N–H and O–H groups in total. The Balaban J connectivity index is 1.69. The van der Waals surface area contributed by atoms with Gasteiger partial charge in [-0.3, -0.25) is 9.69 Å². The van der Waals surface area contributed by atoms with Crippen LogP contribution in [0.5, 0.6) is 0 Å². The summed E-state index contributed by atoms with van der Waals surface area (Å²) in [4.78, 5) is 15.9. The topological polar surface area (TPSA) is 56.6 Å². The van der Waals surface area contributed by atoms with Crippen molar-refractivity contribution < 1.29 is 13.9 Å². The van der Waals surface area contributed by atoms with Gasteiger partial charge >= 0.3 is 5.97 Å². The lowest BCUT2D eigenvalue weighted by atomic mass is 10.1. The summed E-state index contributed by atoms with van der Waals surface area (Å²) in [5.41, 5.74) is 0.717. The zero-order valence-electron chi connectivity index (χ0n) is 12.5. The Morgan fingerprint density at radius 1 is 1.32 bits per heavy atom. The highest BCUT2D eigenvalue weighted by Gasteiger charge is 2.37. The van der Waals surface area contributed by atoms with Crippen molar-refractivity contribution in [3.05, 3.63) is 29.6 Å². The number of nitrogens with zero attached hydrogens (tertiary/aromatic N) is 3. The molecular weight excluding hydrogens is 285 g/mol. The molecule has 0 spiro atoms. The Morgan fingerprint density at radius 3 is 2.64 bits per heavy atom. The van der Waals surface area contributed by atoms with E-state index in [1.54, 1.807) is 12.1 Å². The maximum absolute atomic E-state index is 13.7. The summed E-state index contributed by atoms with van der Waals surface area (Å²) in [5.74, 6) is -0.639. The standard InChI is InChI=1S/C16H18FN3O2/c1-11-9-15(16(21)22-11)20-7-5-19(6-8-20)14-4-2-3-13(17)12(14)10-18/h2-4,11,15H,5-9H2,1H3. The fraction of sp³-hybridized carbons (Fsp3) is 0.500. The van der Waals surface area contributed by atoms with Crippen molar-refractivity contribution in [1.29, 1.82) is 5.26 Å². The van der Waals surface area contributed by atoms with Crippen LogP contribution in [0.4, 0.5) is 10.1 Å². The van der Waals surface area contributed by atoms with Crippen LogP contribution in [0, 0.1) is 17.1 Å². The van der Waals surface area contributed by atoms with Crippen molar-refractivity contribution in [2.75, 3.05) is 31.1 Å². The van der Waals surface area contributed by atoms with Gasteiger partial charge in [-0.05, 0) is 19.1 Å². The summed E-state index contributed by atoms with van der Waals surface area (Å²) < 4.78 is 18.9. The van der Waals surface area contributed by atoms with E-state index in [9.17, 15) is 9.18 Å².